The number of nitrogens with one attached hydrogen (secondary N) is 14. The molecule has 0 aliphatic carbocycles. The second-order valence-corrected chi connectivity index (χ2v) is 36.6. The number of amides is 17. The fourth-order valence-corrected chi connectivity index (χ4v) is 18.7. The first-order valence-electron chi connectivity index (χ1n) is 45.5. The molecule has 0 spiro atoms. The minimum atomic E-state index is -1.90. The molecule has 45 heteroatoms. The van der Waals surface area contributed by atoms with E-state index in [1.54, 1.807) is 55.8 Å². The quantitative estimate of drug-likeness (QED) is 0.0148. The molecule has 0 radical (unpaired) electrons. The standard InChI is InChI=1S/C91H127N23O20S2/c1-8-10-23-68-82(126)102-59(22-16-32-97-91(94)95)78(122)109-67(77(121)99-43-75(93)119)47-135-48-76(120)101-63(36-51-28-30-55(117)31-29-51)86(130)112(7)72(45-116)85(129)107-65(40-74(92)118)89(133)114-34-18-26-70(114)84(128)104-61(39-54-42-96-49-100-54)80(124)105-62(35-50(3)4)88(132)113-33-17-25-69(113)83(127)103-60(37-52-41-98-58-21-14-12-19-56(52)58)79(123)108-66(44-115)81(125)106-64(38-53-46-136-73-27-15-13-20-57(53)73)87(131)111(6)71(24-11-9-2)90(134)110(68)5/h12-15,19-21,27-31,41-42,46,49-50,59-72,98,115-117H,8-11,16-18,22-26,32-40,43-45,47-48H2,1-7H3,(H2,92,118)(H2,93,119)(H,96,100)(H,99,121)(H,101,120)(H,102,126)(H,103,127)(H,104,128)(H,105,124)(H,106,125)(H,107,129)(H,108,123)(H,109,122)(H4,94,95,97)/t59-,60-,61-,62-,63-,64-,65-,66-,67?,68-,69-,70-,71-,72-/m0/s1. The van der Waals surface area contributed by atoms with Crippen LogP contribution in [0.2, 0.25) is 0 Å². The number of rotatable bonds is 27. The second-order valence-electron chi connectivity index (χ2n) is 34.7. The number of carbonyl (C=O) groups excluding carboxylic acids is 17. The van der Waals surface area contributed by atoms with Crippen molar-refractivity contribution in [3.63, 3.8) is 0 Å². The molecular weight excluding hydrogens is 1800 g/mol. The first kappa shape index (κ1) is 106. The van der Waals surface area contributed by atoms with Crippen LogP contribution < -0.4 is 75.7 Å². The summed E-state index contributed by atoms with van der Waals surface area (Å²) in [4.78, 5) is 266. The third kappa shape index (κ3) is 29.6. The number of aliphatic hydroxyl groups is 2. The molecule has 0 saturated carbocycles. The van der Waals surface area contributed by atoms with Crippen LogP contribution in [0, 0.1) is 11.3 Å². The normalized spacial score (nSPS) is 24.1. The number of para-hydroxylation sites is 1. The zero-order valence-corrected chi connectivity index (χ0v) is 78.9. The number of aromatic amines is 2. The van der Waals surface area contributed by atoms with Crippen LogP contribution in [-0.2, 0) is 107 Å². The van der Waals surface area contributed by atoms with Gasteiger partial charge in [-0.1, -0.05) is 102 Å². The Balaban J connectivity index is 1.10. The zero-order chi connectivity index (χ0) is 99.1. The molecule has 3 aliphatic rings. The van der Waals surface area contributed by atoms with Gasteiger partial charge < -0.3 is 125 Å². The maximum Gasteiger partial charge on any atom is 0.246 e. The number of aromatic hydroxyl groups is 1. The molecule has 43 nitrogen and oxygen atoms in total. The molecule has 3 aliphatic heterocycles. The Morgan fingerprint density at radius 1 is 0.529 bits per heavy atom. The highest BCUT2D eigenvalue weighted by atomic mass is 32.2. The number of nitrogens with zero attached hydrogens (tertiary/aromatic N) is 6. The SMILES string of the molecule is CCCC[C@H]1C(=O)N(C)[C@@H](CCCC)C(=O)N[C@@H](CCCNC(=N)N)C(=O)NC(C(=O)NCC(N)=O)CSCC(=O)N[C@@H](Cc2ccc(O)cc2)C(=O)N(C)[C@@H](CO)C(=O)N[C@@H](CC(N)=O)C(=O)N2CCC[C@H]2C(=O)N[C@@H](Cc2cnc[nH]2)C(=O)N[C@@H](CC(C)C)C(=O)N2CCC[C@H]2C(=O)N[C@@H](Cc2c[nH]c3ccccc23)C(=O)N[C@@H](CO)C(=O)N[C@@H](Cc2csc3ccccc23)C(=O)N1C. The number of imidazole rings is 1. The lowest BCUT2D eigenvalue weighted by Gasteiger charge is -2.36. The molecule has 23 N–H and O–H groups in total. The van der Waals surface area contributed by atoms with Gasteiger partial charge in [0.15, 0.2) is 5.96 Å². The van der Waals surface area contributed by atoms with Gasteiger partial charge in [0.1, 0.15) is 90.3 Å². The van der Waals surface area contributed by atoms with Gasteiger partial charge >= 0.3 is 0 Å². The van der Waals surface area contributed by atoms with E-state index in [1.165, 1.54) is 67.1 Å². The van der Waals surface area contributed by atoms with E-state index in [0.29, 0.717) is 59.0 Å². The van der Waals surface area contributed by atoms with Crippen molar-refractivity contribution in [2.24, 2.45) is 23.1 Å². The van der Waals surface area contributed by atoms with E-state index in [1.807, 2.05) is 32.0 Å². The van der Waals surface area contributed by atoms with Gasteiger partial charge in [-0.15, -0.1) is 23.1 Å². The van der Waals surface area contributed by atoms with Gasteiger partial charge in [-0.05, 0) is 115 Å². The Morgan fingerprint density at radius 2 is 1.07 bits per heavy atom. The number of hydrogen-bond acceptors (Lipinski definition) is 24. The number of unbranched alkanes of at least 4 members (excludes halogenated alkanes) is 2. The number of primary amides is 2. The van der Waals surface area contributed by atoms with Gasteiger partial charge in [0.2, 0.25) is 100 Å². The molecule has 3 aromatic carbocycles. The highest BCUT2D eigenvalue weighted by Gasteiger charge is 2.46. The number of fused-ring (bicyclic) bond motifs is 4. The van der Waals surface area contributed by atoms with Crippen LogP contribution in [0.1, 0.15) is 140 Å². The highest BCUT2D eigenvalue weighted by molar-refractivity contribution is 8.00. The minimum absolute atomic E-state index is 0.00184. The fourth-order valence-electron chi connectivity index (χ4n) is 16.8. The Labute approximate surface area is 794 Å². The molecule has 3 aromatic heterocycles. The van der Waals surface area contributed by atoms with Crippen molar-refractivity contribution in [3.8, 4) is 5.75 Å². The lowest BCUT2D eigenvalue weighted by Crippen LogP contribution is -2.62. The first-order valence-corrected chi connectivity index (χ1v) is 47.6. The molecule has 6 heterocycles. The number of phenolic OH excluding ortho intramolecular Hbond substituents is 1. The fraction of sp³-hybridized carbons (Fsp3) is 0.527. The molecule has 9 rings (SSSR count). The average molecular weight is 1930 g/mol. The largest absolute Gasteiger partial charge is 0.508 e. The number of thiophene rings is 1. The number of aliphatic hydroxyl groups excluding tert-OH is 2. The predicted octanol–water partition coefficient (Wildman–Crippen LogP) is -2.19. The molecule has 0 bridgehead atoms. The van der Waals surface area contributed by atoms with Gasteiger partial charge in [-0.2, -0.15) is 0 Å². The second kappa shape index (κ2) is 51.4. The number of likely N-dealkylation sites (N-methyl/N-ethyl adjacent to an activating group) is 3. The summed E-state index contributed by atoms with van der Waals surface area (Å²) in [7, 11) is 3.81. The molecule has 17 amide bonds. The molecule has 14 atom stereocenters. The molecule has 1 unspecified atom stereocenters. The number of nitrogens with two attached hydrogens (primary N) is 3. The predicted molar refractivity (Wildman–Crippen MR) is 503 cm³/mol. The summed E-state index contributed by atoms with van der Waals surface area (Å²) < 4.78 is 0.821. The molecule has 3 saturated heterocycles. The highest BCUT2D eigenvalue weighted by Crippen LogP contribution is 2.30. The summed E-state index contributed by atoms with van der Waals surface area (Å²) >= 11 is 2.09. The average Bonchev–Trinajstić information content (AvgIpc) is 1.48. The maximum absolute atomic E-state index is 15.8. The molecule has 738 valence electrons. The van der Waals surface area contributed by atoms with Crippen LogP contribution >= 0.6 is 23.1 Å². The van der Waals surface area contributed by atoms with Crippen LogP contribution in [0.3, 0.4) is 0 Å². The van der Waals surface area contributed by atoms with Crippen LogP contribution in [0.5, 0.6) is 5.75 Å². The van der Waals surface area contributed by atoms with Crippen molar-refractivity contribution in [1.29, 1.82) is 5.41 Å². The number of aromatic nitrogens is 3. The first-order chi connectivity index (χ1) is 64.9. The van der Waals surface area contributed by atoms with Crippen molar-refractivity contribution in [2.75, 3.05) is 72.0 Å². The number of benzene rings is 3. The van der Waals surface area contributed by atoms with E-state index in [2.05, 4.69) is 73.4 Å². The summed E-state index contributed by atoms with van der Waals surface area (Å²) in [5, 5.41) is 72.6. The Morgan fingerprint density at radius 3 is 1.67 bits per heavy atom. The number of thioether (sulfide) groups is 1. The van der Waals surface area contributed by atoms with Crippen LogP contribution in [-0.4, -0.2) is 318 Å². The monoisotopic (exact) mass is 1930 g/mol. The van der Waals surface area contributed by atoms with Gasteiger partial charge in [0, 0.05) is 106 Å². The molecule has 6 aromatic rings. The van der Waals surface area contributed by atoms with E-state index >= 15 is 38.4 Å². The Hall–Kier alpha value is -13.3. The smallest absolute Gasteiger partial charge is 0.246 e. The lowest BCUT2D eigenvalue weighted by molar-refractivity contribution is -0.149. The van der Waals surface area contributed by atoms with Crippen molar-refractivity contribution in [3.05, 3.63) is 119 Å². The summed E-state index contributed by atoms with van der Waals surface area (Å²) in [5.74, 6) is -18.1. The summed E-state index contributed by atoms with van der Waals surface area (Å²) in [6.45, 7) is 4.12. The van der Waals surface area contributed by atoms with Crippen LogP contribution in [0.4, 0.5) is 0 Å². The molecular formula is C91H127N23O20S2. The summed E-state index contributed by atoms with van der Waals surface area (Å²) in [5.41, 5.74) is 19.2. The Kier molecular flexibility index (Phi) is 40.2. The van der Waals surface area contributed by atoms with Crippen LogP contribution in [0.15, 0.2) is 96.9 Å². The van der Waals surface area contributed by atoms with Gasteiger partial charge in [0.05, 0.1) is 38.3 Å². The maximum atomic E-state index is 15.8. The third-order valence-corrected chi connectivity index (χ3v) is 26.2. The van der Waals surface area contributed by atoms with Gasteiger partial charge in [0.25, 0.3) is 0 Å². The van der Waals surface area contributed by atoms with E-state index in [4.69, 9.17) is 22.6 Å². The van der Waals surface area contributed by atoms with E-state index < -0.39 is 229 Å². The lowest BCUT2D eigenvalue weighted by atomic mass is 10.00. The van der Waals surface area contributed by atoms with E-state index in [-0.39, 0.29) is 115 Å². The minimum Gasteiger partial charge on any atom is -0.508 e. The third-order valence-electron chi connectivity index (χ3n) is 24.2. The summed E-state index contributed by atoms with van der Waals surface area (Å²) in [6, 6.07) is -2.10. The molecule has 3 fully saturated rings. The summed E-state index contributed by atoms with van der Waals surface area (Å²) in [6.07, 6.45) is 4.24. The number of carbonyl (C=O) groups is 17. The number of H-pyrrole nitrogens is 2. The van der Waals surface area contributed by atoms with Crippen molar-refractivity contribution in [2.45, 2.75) is 228 Å². The van der Waals surface area contributed by atoms with Crippen molar-refractivity contribution >= 4 is 150 Å². The van der Waals surface area contributed by atoms with Gasteiger partial charge in [-0.25, -0.2) is 4.98 Å². The van der Waals surface area contributed by atoms with E-state index in [0.717, 1.165) is 48.5 Å². The van der Waals surface area contributed by atoms with E-state index in [9.17, 15) is 58.5 Å². The zero-order valence-electron chi connectivity index (χ0n) is 77.3. The number of phenols is 1. The van der Waals surface area contributed by atoms with Crippen molar-refractivity contribution in [1.82, 2.24) is 97.9 Å². The Bertz CT molecular complexity index is 5230. The number of hydrogen-bond donors (Lipinski definition) is 20. The van der Waals surface area contributed by atoms with Gasteiger partial charge in [-0.3, -0.25) is 86.9 Å². The topological polar surface area (TPSA) is 646 Å². The van der Waals surface area contributed by atoms with Crippen molar-refractivity contribution < 1.29 is 96.8 Å². The molecule has 136 heavy (non-hydrogen) atoms. The van der Waals surface area contributed by atoms with Crippen LogP contribution in [0.25, 0.3) is 21.0 Å². The number of guanidine groups is 1.